The Morgan fingerprint density at radius 1 is 1.10 bits per heavy atom. The maximum atomic E-state index is 12.3. The van der Waals surface area contributed by atoms with Crippen LogP contribution in [0.2, 0.25) is 0 Å². The van der Waals surface area contributed by atoms with Gasteiger partial charge in [-0.05, 0) is 30.7 Å². The van der Waals surface area contributed by atoms with Gasteiger partial charge in [0.15, 0.2) is 5.16 Å². The largest absolute Gasteiger partial charge is 0.462 e. The number of nitrogens with zero attached hydrogens (tertiary/aromatic N) is 1. The topological polar surface area (TPSA) is 101 Å². The van der Waals surface area contributed by atoms with Crippen molar-refractivity contribution in [1.82, 2.24) is 9.97 Å². The second-order valence-corrected chi connectivity index (χ2v) is 7.67. The van der Waals surface area contributed by atoms with Gasteiger partial charge in [0.1, 0.15) is 0 Å². The summed E-state index contributed by atoms with van der Waals surface area (Å²) in [5, 5.41) is 3.13. The monoisotopic (exact) mass is 437 g/mol. The van der Waals surface area contributed by atoms with Crippen LogP contribution in [0.15, 0.2) is 70.6 Å². The summed E-state index contributed by atoms with van der Waals surface area (Å²) in [6.45, 7) is 2.42. The average molecular weight is 438 g/mol. The molecule has 0 unspecified atom stereocenters. The first-order valence-corrected chi connectivity index (χ1v) is 10.9. The fraction of sp³-hybridized carbons (Fsp3) is 0.217. The standard InChI is InChI=1S/C23H23N3O4S/c1-2-3-13-30-22(29)17-9-11-18(12-10-17)24-21(28)15-31-23-25-19(14-20(27)26-23)16-7-5-4-6-8-16/h4-12,14H,2-3,13,15H2,1H3,(H,24,28)(H,25,26,27). The first kappa shape index (κ1) is 22.3. The summed E-state index contributed by atoms with van der Waals surface area (Å²) in [5.74, 6) is -0.562. The Morgan fingerprint density at radius 3 is 2.55 bits per heavy atom. The zero-order chi connectivity index (χ0) is 22.1. The number of anilines is 1. The maximum Gasteiger partial charge on any atom is 0.338 e. The molecule has 160 valence electrons. The third-order valence-electron chi connectivity index (χ3n) is 4.26. The van der Waals surface area contributed by atoms with E-state index in [-0.39, 0.29) is 23.2 Å². The van der Waals surface area contributed by atoms with E-state index in [9.17, 15) is 14.4 Å². The van der Waals surface area contributed by atoms with Crippen LogP contribution in [0.3, 0.4) is 0 Å². The number of nitrogens with one attached hydrogen (secondary N) is 2. The number of aromatic amines is 1. The van der Waals surface area contributed by atoms with Gasteiger partial charge in [-0.1, -0.05) is 55.4 Å². The van der Waals surface area contributed by atoms with Crippen molar-refractivity contribution in [2.45, 2.75) is 24.9 Å². The Hall–Kier alpha value is -3.39. The number of hydrogen-bond acceptors (Lipinski definition) is 6. The molecule has 0 spiro atoms. The third-order valence-corrected chi connectivity index (χ3v) is 5.14. The van der Waals surface area contributed by atoms with Crippen LogP contribution >= 0.6 is 11.8 Å². The number of carbonyl (C=O) groups excluding carboxylic acids is 2. The van der Waals surface area contributed by atoms with Crippen molar-refractivity contribution in [2.75, 3.05) is 17.7 Å². The number of esters is 1. The fourth-order valence-corrected chi connectivity index (χ4v) is 3.35. The highest BCUT2D eigenvalue weighted by Gasteiger charge is 2.10. The summed E-state index contributed by atoms with van der Waals surface area (Å²) in [4.78, 5) is 43.2. The summed E-state index contributed by atoms with van der Waals surface area (Å²) in [6, 6.07) is 17.3. The molecular formula is C23H23N3O4S. The molecular weight excluding hydrogens is 414 g/mol. The minimum absolute atomic E-state index is 0.0714. The molecule has 8 heteroatoms. The Labute approximate surface area is 184 Å². The number of benzene rings is 2. The minimum atomic E-state index is -0.379. The summed E-state index contributed by atoms with van der Waals surface area (Å²) < 4.78 is 5.16. The molecule has 2 aromatic carbocycles. The van der Waals surface area contributed by atoms with Crippen molar-refractivity contribution in [2.24, 2.45) is 0 Å². The molecule has 3 rings (SSSR count). The predicted molar refractivity (Wildman–Crippen MR) is 121 cm³/mol. The van der Waals surface area contributed by atoms with Crippen molar-refractivity contribution in [3.63, 3.8) is 0 Å². The molecule has 0 radical (unpaired) electrons. The highest BCUT2D eigenvalue weighted by molar-refractivity contribution is 7.99. The fourth-order valence-electron chi connectivity index (χ4n) is 2.67. The van der Waals surface area contributed by atoms with E-state index in [1.54, 1.807) is 24.3 Å². The van der Waals surface area contributed by atoms with Crippen LogP contribution in [0.1, 0.15) is 30.1 Å². The lowest BCUT2D eigenvalue weighted by Crippen LogP contribution is -2.15. The molecule has 1 aromatic heterocycles. The first-order chi connectivity index (χ1) is 15.0. The lowest BCUT2D eigenvalue weighted by Gasteiger charge is -2.07. The van der Waals surface area contributed by atoms with Crippen molar-refractivity contribution >= 4 is 29.3 Å². The number of unbranched alkanes of at least 4 members (excludes halogenated alkanes) is 1. The van der Waals surface area contributed by atoms with E-state index in [4.69, 9.17) is 4.74 Å². The zero-order valence-electron chi connectivity index (χ0n) is 17.1. The molecule has 0 bridgehead atoms. The molecule has 2 N–H and O–H groups in total. The van der Waals surface area contributed by atoms with Crippen LogP contribution in [0.5, 0.6) is 0 Å². The number of amides is 1. The van der Waals surface area contributed by atoms with Gasteiger partial charge in [-0.2, -0.15) is 0 Å². The molecule has 0 saturated heterocycles. The molecule has 0 fully saturated rings. The molecule has 1 heterocycles. The molecule has 0 aliphatic carbocycles. The van der Waals surface area contributed by atoms with Crippen molar-refractivity contribution in [3.8, 4) is 11.3 Å². The van der Waals surface area contributed by atoms with Gasteiger partial charge >= 0.3 is 5.97 Å². The summed E-state index contributed by atoms with van der Waals surface area (Å²) in [7, 11) is 0. The van der Waals surface area contributed by atoms with E-state index >= 15 is 0 Å². The molecule has 31 heavy (non-hydrogen) atoms. The normalized spacial score (nSPS) is 10.5. The van der Waals surface area contributed by atoms with Gasteiger partial charge in [0.05, 0.1) is 23.6 Å². The van der Waals surface area contributed by atoms with Crippen LogP contribution in [0.25, 0.3) is 11.3 Å². The van der Waals surface area contributed by atoms with Crippen molar-refractivity contribution in [1.29, 1.82) is 0 Å². The zero-order valence-corrected chi connectivity index (χ0v) is 17.9. The van der Waals surface area contributed by atoms with Crippen LogP contribution in [-0.4, -0.2) is 34.2 Å². The minimum Gasteiger partial charge on any atom is -0.462 e. The second kappa shape index (κ2) is 11.1. The highest BCUT2D eigenvalue weighted by Crippen LogP contribution is 2.19. The van der Waals surface area contributed by atoms with Gasteiger partial charge in [-0.15, -0.1) is 0 Å². The Balaban J connectivity index is 1.55. The molecule has 7 nitrogen and oxygen atoms in total. The number of aromatic nitrogens is 2. The number of ether oxygens (including phenoxy) is 1. The molecule has 0 saturated carbocycles. The second-order valence-electron chi connectivity index (χ2n) is 6.71. The molecule has 1 amide bonds. The number of rotatable bonds is 9. The van der Waals surface area contributed by atoms with Gasteiger partial charge < -0.3 is 15.0 Å². The van der Waals surface area contributed by atoms with Gasteiger partial charge in [0.2, 0.25) is 5.91 Å². The van der Waals surface area contributed by atoms with E-state index in [1.807, 2.05) is 37.3 Å². The molecule has 0 aliphatic heterocycles. The first-order valence-electron chi connectivity index (χ1n) is 9.92. The SMILES string of the molecule is CCCCOC(=O)c1ccc(NC(=O)CSc2nc(-c3ccccc3)cc(=O)[nH]2)cc1. The molecule has 0 atom stereocenters. The Kier molecular flexibility index (Phi) is 8.00. The van der Waals surface area contributed by atoms with Gasteiger partial charge in [-0.3, -0.25) is 9.59 Å². The quantitative estimate of drug-likeness (QED) is 0.226. The summed E-state index contributed by atoms with van der Waals surface area (Å²) in [5.41, 5.74) is 2.10. The van der Waals surface area contributed by atoms with Gasteiger partial charge in [0.25, 0.3) is 5.56 Å². The van der Waals surface area contributed by atoms with E-state index < -0.39 is 0 Å². The van der Waals surface area contributed by atoms with E-state index in [0.29, 0.717) is 28.7 Å². The van der Waals surface area contributed by atoms with Gasteiger partial charge in [0, 0.05) is 17.3 Å². The van der Waals surface area contributed by atoms with E-state index in [1.165, 1.54) is 6.07 Å². The Bertz CT molecular complexity index is 1080. The number of H-pyrrole nitrogens is 1. The van der Waals surface area contributed by atoms with Crippen LogP contribution in [0.4, 0.5) is 5.69 Å². The van der Waals surface area contributed by atoms with E-state index in [0.717, 1.165) is 30.2 Å². The van der Waals surface area contributed by atoms with Crippen LogP contribution in [0, 0.1) is 0 Å². The predicted octanol–water partition coefficient (Wildman–Crippen LogP) is 4.12. The average Bonchev–Trinajstić information content (AvgIpc) is 2.78. The lowest BCUT2D eigenvalue weighted by molar-refractivity contribution is -0.113. The summed E-state index contributed by atoms with van der Waals surface area (Å²) in [6.07, 6.45) is 1.78. The number of thioether (sulfide) groups is 1. The maximum absolute atomic E-state index is 12.3. The molecule has 0 aliphatic rings. The van der Waals surface area contributed by atoms with E-state index in [2.05, 4.69) is 15.3 Å². The van der Waals surface area contributed by atoms with Crippen molar-refractivity contribution in [3.05, 3.63) is 76.6 Å². The third kappa shape index (κ3) is 6.82. The smallest absolute Gasteiger partial charge is 0.338 e. The summed E-state index contributed by atoms with van der Waals surface area (Å²) >= 11 is 1.14. The lowest BCUT2D eigenvalue weighted by atomic mass is 10.1. The number of carbonyl (C=O) groups is 2. The number of hydrogen-bond donors (Lipinski definition) is 2. The van der Waals surface area contributed by atoms with Crippen LogP contribution < -0.4 is 10.9 Å². The highest BCUT2D eigenvalue weighted by atomic mass is 32.2. The van der Waals surface area contributed by atoms with Crippen LogP contribution in [-0.2, 0) is 9.53 Å². The Morgan fingerprint density at radius 2 is 1.84 bits per heavy atom. The molecule has 3 aromatic rings. The van der Waals surface area contributed by atoms with Gasteiger partial charge in [-0.25, -0.2) is 9.78 Å². The van der Waals surface area contributed by atoms with Crippen molar-refractivity contribution < 1.29 is 14.3 Å².